The molecular weight excluding hydrogens is 262 g/mol. The van der Waals surface area contributed by atoms with Gasteiger partial charge < -0.3 is 10.3 Å². The van der Waals surface area contributed by atoms with Crippen LogP contribution in [0.25, 0.3) is 0 Å². The van der Waals surface area contributed by atoms with E-state index in [0.29, 0.717) is 16.1 Å². The van der Waals surface area contributed by atoms with E-state index in [4.69, 9.17) is 0 Å². The molecule has 6 heteroatoms. The van der Waals surface area contributed by atoms with Crippen LogP contribution in [-0.4, -0.2) is 23.1 Å². The van der Waals surface area contributed by atoms with Gasteiger partial charge in [0.15, 0.2) is 0 Å². The van der Waals surface area contributed by atoms with Crippen molar-refractivity contribution in [1.29, 1.82) is 0 Å². The normalized spacial score (nSPS) is 20.7. The van der Waals surface area contributed by atoms with Gasteiger partial charge >= 0.3 is 5.69 Å². The Labute approximate surface area is 94.4 Å². The van der Waals surface area contributed by atoms with E-state index in [0.717, 1.165) is 25.9 Å². The molecule has 5 nitrogen and oxygen atoms in total. The molecule has 3 N–H and O–H groups in total. The third-order valence-electron chi connectivity index (χ3n) is 2.61. The second-order valence-corrected chi connectivity index (χ2v) is 4.56. The number of H-pyrrole nitrogens is 2. The minimum absolute atomic E-state index is 0.361. The van der Waals surface area contributed by atoms with Crippen molar-refractivity contribution in [3.63, 3.8) is 0 Å². The molecule has 82 valence electrons. The number of aromatic nitrogens is 2. The van der Waals surface area contributed by atoms with E-state index in [-0.39, 0.29) is 5.56 Å². The molecule has 1 saturated heterocycles. The van der Waals surface area contributed by atoms with Crippen LogP contribution in [0, 0.1) is 5.92 Å². The summed E-state index contributed by atoms with van der Waals surface area (Å²) in [4.78, 5) is 27.2. The summed E-state index contributed by atoms with van der Waals surface area (Å²) in [7, 11) is 0. The lowest BCUT2D eigenvalue weighted by Crippen LogP contribution is -2.26. The van der Waals surface area contributed by atoms with Crippen LogP contribution in [0.2, 0.25) is 0 Å². The monoisotopic (exact) mass is 273 g/mol. The Morgan fingerprint density at radius 2 is 2.13 bits per heavy atom. The molecule has 1 aromatic heterocycles. The van der Waals surface area contributed by atoms with E-state index in [1.807, 2.05) is 0 Å². The van der Waals surface area contributed by atoms with E-state index in [1.54, 1.807) is 0 Å². The fourth-order valence-corrected chi connectivity index (χ4v) is 2.20. The average Bonchev–Trinajstić information content (AvgIpc) is 2.66. The molecule has 0 radical (unpaired) electrons. The summed E-state index contributed by atoms with van der Waals surface area (Å²) in [5, 5.41) is 3.25. The molecule has 1 fully saturated rings. The summed E-state index contributed by atoms with van der Waals surface area (Å²) >= 11 is 3.19. The fourth-order valence-electron chi connectivity index (χ4n) is 1.84. The van der Waals surface area contributed by atoms with Gasteiger partial charge in [0.05, 0.1) is 0 Å². The van der Waals surface area contributed by atoms with E-state index >= 15 is 0 Å². The number of aromatic amines is 2. The number of halogens is 1. The van der Waals surface area contributed by atoms with Crippen LogP contribution in [0.4, 0.5) is 0 Å². The molecular formula is C9H12BrN3O2. The maximum absolute atomic E-state index is 11.3. The Morgan fingerprint density at radius 3 is 2.80 bits per heavy atom. The fraction of sp³-hybridized carbons (Fsp3) is 0.556. The Kier molecular flexibility index (Phi) is 3.06. The van der Waals surface area contributed by atoms with Gasteiger partial charge in [0.1, 0.15) is 4.47 Å². The van der Waals surface area contributed by atoms with E-state index in [1.165, 1.54) is 0 Å². The molecule has 0 spiro atoms. The van der Waals surface area contributed by atoms with E-state index < -0.39 is 5.69 Å². The minimum atomic E-state index is -0.441. The van der Waals surface area contributed by atoms with Crippen LogP contribution >= 0.6 is 15.9 Å². The van der Waals surface area contributed by atoms with Crippen molar-refractivity contribution in [1.82, 2.24) is 15.3 Å². The van der Waals surface area contributed by atoms with Gasteiger partial charge in [0.2, 0.25) is 0 Å². The largest absolute Gasteiger partial charge is 0.325 e. The average molecular weight is 274 g/mol. The van der Waals surface area contributed by atoms with Crippen molar-refractivity contribution in [2.75, 3.05) is 13.1 Å². The van der Waals surface area contributed by atoms with Crippen LogP contribution in [-0.2, 0) is 6.42 Å². The highest BCUT2D eigenvalue weighted by Crippen LogP contribution is 2.16. The number of rotatable bonds is 2. The van der Waals surface area contributed by atoms with Crippen molar-refractivity contribution in [2.24, 2.45) is 5.92 Å². The molecule has 15 heavy (non-hydrogen) atoms. The standard InChI is InChI=1S/C9H12BrN3O2/c10-7-6(3-5-1-2-11-4-5)12-9(15)13-8(7)14/h5,11H,1-4H2,(H2,12,13,14,15). The van der Waals surface area contributed by atoms with Gasteiger partial charge in [0.25, 0.3) is 5.56 Å². The number of nitrogens with one attached hydrogen (secondary N) is 3. The van der Waals surface area contributed by atoms with Gasteiger partial charge in [-0.2, -0.15) is 0 Å². The smallest absolute Gasteiger partial charge is 0.316 e. The molecule has 0 amide bonds. The molecule has 0 bridgehead atoms. The summed E-state index contributed by atoms with van der Waals surface area (Å²) in [6, 6.07) is 0. The van der Waals surface area contributed by atoms with Crippen molar-refractivity contribution in [3.05, 3.63) is 31.0 Å². The van der Waals surface area contributed by atoms with Crippen LogP contribution in [0.1, 0.15) is 12.1 Å². The van der Waals surface area contributed by atoms with Gasteiger partial charge in [-0.05, 0) is 47.8 Å². The van der Waals surface area contributed by atoms with E-state index in [9.17, 15) is 9.59 Å². The molecule has 1 atom stereocenters. The topological polar surface area (TPSA) is 77.8 Å². The lowest BCUT2D eigenvalue weighted by molar-refractivity contribution is 0.567. The molecule has 0 aromatic carbocycles. The molecule has 0 saturated carbocycles. The number of hydrogen-bond donors (Lipinski definition) is 3. The highest BCUT2D eigenvalue weighted by molar-refractivity contribution is 9.10. The predicted octanol–water partition coefficient (Wildman–Crippen LogP) is -0.0223. The lowest BCUT2D eigenvalue weighted by Gasteiger charge is -2.08. The van der Waals surface area contributed by atoms with Crippen molar-refractivity contribution >= 4 is 15.9 Å². The zero-order chi connectivity index (χ0) is 10.8. The van der Waals surface area contributed by atoms with Crippen molar-refractivity contribution in [3.8, 4) is 0 Å². The molecule has 1 aliphatic heterocycles. The molecule has 1 unspecified atom stereocenters. The molecule has 2 heterocycles. The summed E-state index contributed by atoms with van der Waals surface area (Å²) in [6.45, 7) is 1.96. The third kappa shape index (κ3) is 2.38. The highest BCUT2D eigenvalue weighted by atomic mass is 79.9. The molecule has 1 aromatic rings. The van der Waals surface area contributed by atoms with Crippen LogP contribution in [0.3, 0.4) is 0 Å². The summed E-state index contributed by atoms with van der Waals surface area (Å²) in [6.07, 6.45) is 1.81. The first kappa shape index (κ1) is 10.6. The van der Waals surface area contributed by atoms with Crippen LogP contribution in [0.5, 0.6) is 0 Å². The van der Waals surface area contributed by atoms with Crippen molar-refractivity contribution < 1.29 is 0 Å². The van der Waals surface area contributed by atoms with Crippen LogP contribution in [0.15, 0.2) is 14.1 Å². The Hall–Kier alpha value is -0.880. The van der Waals surface area contributed by atoms with Crippen LogP contribution < -0.4 is 16.6 Å². The molecule has 0 aliphatic carbocycles. The van der Waals surface area contributed by atoms with Gasteiger partial charge in [-0.3, -0.25) is 9.78 Å². The second-order valence-electron chi connectivity index (χ2n) is 3.76. The predicted molar refractivity (Wildman–Crippen MR) is 60.1 cm³/mol. The first-order valence-corrected chi connectivity index (χ1v) is 5.68. The summed E-state index contributed by atoms with van der Waals surface area (Å²) in [5.74, 6) is 0.499. The molecule has 2 rings (SSSR count). The van der Waals surface area contributed by atoms with Gasteiger partial charge in [-0.15, -0.1) is 0 Å². The lowest BCUT2D eigenvalue weighted by atomic mass is 10.0. The third-order valence-corrected chi connectivity index (χ3v) is 3.45. The zero-order valence-corrected chi connectivity index (χ0v) is 9.69. The number of hydrogen-bond acceptors (Lipinski definition) is 3. The Morgan fingerprint density at radius 1 is 1.33 bits per heavy atom. The maximum Gasteiger partial charge on any atom is 0.325 e. The van der Waals surface area contributed by atoms with Gasteiger partial charge in [0, 0.05) is 5.69 Å². The van der Waals surface area contributed by atoms with Gasteiger partial charge in [-0.25, -0.2) is 4.79 Å². The first-order valence-electron chi connectivity index (χ1n) is 4.88. The SMILES string of the molecule is O=c1[nH]c(CC2CCNC2)c(Br)c(=O)[nH]1. The first-order chi connectivity index (χ1) is 7.16. The Bertz CT molecular complexity index is 459. The minimum Gasteiger partial charge on any atom is -0.316 e. The molecule has 1 aliphatic rings. The quantitative estimate of drug-likeness (QED) is 0.709. The highest BCUT2D eigenvalue weighted by Gasteiger charge is 2.17. The Balaban J connectivity index is 2.27. The maximum atomic E-state index is 11.3. The van der Waals surface area contributed by atoms with E-state index in [2.05, 4.69) is 31.2 Å². The second kappa shape index (κ2) is 4.32. The van der Waals surface area contributed by atoms with Crippen molar-refractivity contribution in [2.45, 2.75) is 12.8 Å². The summed E-state index contributed by atoms with van der Waals surface area (Å²) in [5.41, 5.74) is -0.110. The zero-order valence-electron chi connectivity index (χ0n) is 8.10. The van der Waals surface area contributed by atoms with Gasteiger partial charge in [-0.1, -0.05) is 0 Å². The summed E-state index contributed by atoms with van der Waals surface area (Å²) < 4.78 is 0.439.